The van der Waals surface area contributed by atoms with Crippen molar-refractivity contribution in [3.8, 4) is 0 Å². The minimum Gasteiger partial charge on any atom is -0.478 e. The number of hydrogen-bond donors (Lipinski definition) is 2. The molecule has 17 heavy (non-hydrogen) atoms. The Morgan fingerprint density at radius 2 is 2.06 bits per heavy atom. The number of aryl methyl sites for hydroxylation is 1. The van der Waals surface area contributed by atoms with Crippen LogP contribution in [0.5, 0.6) is 0 Å². The molecule has 0 aliphatic rings. The maximum atomic E-state index is 11.5. The van der Waals surface area contributed by atoms with Crippen LogP contribution in [0.15, 0.2) is 29.2 Å². The van der Waals surface area contributed by atoms with E-state index in [0.29, 0.717) is 11.1 Å². The molecule has 0 unspecified atom stereocenters. The standard InChI is InChI=1S/C11H13NO4S/c1-8-7-10(17(15,16)12-2)5-3-9(8)4-6-11(13)14/h3-7,12H,1-2H3,(H,13,14)/b6-4+. The molecule has 0 amide bonds. The summed E-state index contributed by atoms with van der Waals surface area (Å²) in [5.41, 5.74) is 1.36. The second kappa shape index (κ2) is 5.11. The highest BCUT2D eigenvalue weighted by molar-refractivity contribution is 7.89. The maximum absolute atomic E-state index is 11.5. The molecule has 0 radical (unpaired) electrons. The average Bonchev–Trinajstić information content (AvgIpc) is 2.27. The summed E-state index contributed by atoms with van der Waals surface area (Å²) in [5, 5.41) is 8.49. The number of carboxylic acids is 1. The molecule has 2 N–H and O–H groups in total. The Kier molecular flexibility index (Phi) is 4.03. The first kappa shape index (κ1) is 13.4. The summed E-state index contributed by atoms with van der Waals surface area (Å²) in [6.07, 6.45) is 2.43. The Hall–Kier alpha value is -1.66. The highest BCUT2D eigenvalue weighted by atomic mass is 32.2. The lowest BCUT2D eigenvalue weighted by Gasteiger charge is -2.05. The summed E-state index contributed by atoms with van der Waals surface area (Å²) in [4.78, 5) is 10.5. The highest BCUT2D eigenvalue weighted by Gasteiger charge is 2.11. The van der Waals surface area contributed by atoms with Crippen molar-refractivity contribution in [1.82, 2.24) is 4.72 Å². The second-order valence-corrected chi connectivity index (χ2v) is 5.28. The van der Waals surface area contributed by atoms with Gasteiger partial charge in [0.2, 0.25) is 10.0 Å². The van der Waals surface area contributed by atoms with Crippen LogP contribution in [-0.4, -0.2) is 26.5 Å². The normalized spacial score (nSPS) is 11.9. The number of nitrogens with one attached hydrogen (secondary N) is 1. The molecule has 0 aliphatic carbocycles. The third-order valence-electron chi connectivity index (χ3n) is 2.23. The van der Waals surface area contributed by atoms with E-state index in [4.69, 9.17) is 5.11 Å². The molecule has 1 aromatic rings. The van der Waals surface area contributed by atoms with Gasteiger partial charge in [-0.3, -0.25) is 0 Å². The fraction of sp³-hybridized carbons (Fsp3) is 0.182. The number of hydrogen-bond acceptors (Lipinski definition) is 3. The molecule has 6 heteroatoms. The Morgan fingerprint density at radius 1 is 1.41 bits per heavy atom. The SMILES string of the molecule is CNS(=O)(=O)c1ccc(/C=C/C(=O)O)c(C)c1. The lowest BCUT2D eigenvalue weighted by atomic mass is 10.1. The van der Waals surface area contributed by atoms with Crippen LogP contribution in [-0.2, 0) is 14.8 Å². The zero-order valence-electron chi connectivity index (χ0n) is 9.47. The monoisotopic (exact) mass is 255 g/mol. The molecule has 92 valence electrons. The first-order chi connectivity index (χ1) is 7.86. The summed E-state index contributed by atoms with van der Waals surface area (Å²) in [5.74, 6) is -1.05. The van der Waals surface area contributed by atoms with E-state index in [0.717, 1.165) is 6.08 Å². The average molecular weight is 255 g/mol. The first-order valence-electron chi connectivity index (χ1n) is 4.82. The van der Waals surface area contributed by atoms with Gasteiger partial charge in [-0.25, -0.2) is 17.9 Å². The van der Waals surface area contributed by atoms with Crippen molar-refractivity contribution in [2.45, 2.75) is 11.8 Å². The fourth-order valence-corrected chi connectivity index (χ4v) is 2.10. The molecular formula is C11H13NO4S. The fourth-order valence-electron chi connectivity index (χ4n) is 1.28. The Bertz CT molecular complexity index is 561. The van der Waals surface area contributed by atoms with Gasteiger partial charge in [-0.15, -0.1) is 0 Å². The maximum Gasteiger partial charge on any atom is 0.328 e. The topological polar surface area (TPSA) is 83.5 Å². The van der Waals surface area contributed by atoms with Crippen LogP contribution in [0.4, 0.5) is 0 Å². The molecule has 0 atom stereocenters. The Morgan fingerprint density at radius 3 is 2.53 bits per heavy atom. The number of sulfonamides is 1. The molecule has 1 aromatic carbocycles. The molecule has 5 nitrogen and oxygen atoms in total. The van der Waals surface area contributed by atoms with E-state index in [2.05, 4.69) is 4.72 Å². The van der Waals surface area contributed by atoms with E-state index in [9.17, 15) is 13.2 Å². The van der Waals surface area contributed by atoms with Gasteiger partial charge in [-0.1, -0.05) is 6.07 Å². The number of carboxylic acid groups (broad SMARTS) is 1. The van der Waals surface area contributed by atoms with Crippen molar-refractivity contribution < 1.29 is 18.3 Å². The van der Waals surface area contributed by atoms with Crippen LogP contribution in [0.1, 0.15) is 11.1 Å². The molecule has 1 rings (SSSR count). The van der Waals surface area contributed by atoms with E-state index in [-0.39, 0.29) is 4.90 Å². The second-order valence-electron chi connectivity index (χ2n) is 3.40. The van der Waals surface area contributed by atoms with E-state index in [1.54, 1.807) is 13.0 Å². The Labute approximate surface area is 99.8 Å². The van der Waals surface area contributed by atoms with Gasteiger partial charge in [0, 0.05) is 6.08 Å². The van der Waals surface area contributed by atoms with Crippen LogP contribution in [0.25, 0.3) is 6.08 Å². The van der Waals surface area contributed by atoms with Crippen molar-refractivity contribution in [2.24, 2.45) is 0 Å². The molecular weight excluding hydrogens is 242 g/mol. The number of carbonyl (C=O) groups is 1. The zero-order chi connectivity index (χ0) is 13.1. The summed E-state index contributed by atoms with van der Waals surface area (Å²) in [7, 11) is -2.12. The largest absolute Gasteiger partial charge is 0.478 e. The van der Waals surface area contributed by atoms with Crippen LogP contribution in [0.3, 0.4) is 0 Å². The van der Waals surface area contributed by atoms with E-state index >= 15 is 0 Å². The van der Waals surface area contributed by atoms with Gasteiger partial charge in [0.1, 0.15) is 0 Å². The molecule has 0 bridgehead atoms. The van der Waals surface area contributed by atoms with Gasteiger partial charge in [-0.05, 0) is 43.3 Å². The number of benzene rings is 1. The predicted molar refractivity (Wildman–Crippen MR) is 64.1 cm³/mol. The molecule has 0 fully saturated rings. The number of aliphatic carboxylic acids is 1. The van der Waals surface area contributed by atoms with E-state index < -0.39 is 16.0 Å². The lowest BCUT2D eigenvalue weighted by molar-refractivity contribution is -0.131. The molecule has 0 heterocycles. The van der Waals surface area contributed by atoms with E-state index in [1.807, 2.05) is 0 Å². The van der Waals surface area contributed by atoms with Gasteiger partial charge in [0.05, 0.1) is 4.90 Å². The quantitative estimate of drug-likeness (QED) is 0.786. The summed E-state index contributed by atoms with van der Waals surface area (Å²) >= 11 is 0. The minimum absolute atomic E-state index is 0.157. The minimum atomic E-state index is -3.46. The summed E-state index contributed by atoms with van der Waals surface area (Å²) in [6, 6.07) is 4.49. The van der Waals surface area contributed by atoms with Crippen LogP contribution < -0.4 is 4.72 Å². The molecule has 0 saturated heterocycles. The van der Waals surface area contributed by atoms with Crippen molar-refractivity contribution in [2.75, 3.05) is 7.05 Å². The molecule has 0 spiro atoms. The number of rotatable bonds is 4. The third-order valence-corrected chi connectivity index (χ3v) is 3.64. The van der Waals surface area contributed by atoms with Gasteiger partial charge in [0.25, 0.3) is 0 Å². The van der Waals surface area contributed by atoms with Gasteiger partial charge < -0.3 is 5.11 Å². The van der Waals surface area contributed by atoms with Gasteiger partial charge in [0.15, 0.2) is 0 Å². The summed E-state index contributed by atoms with van der Waals surface area (Å²) in [6.45, 7) is 1.72. The third kappa shape index (κ3) is 3.40. The van der Waals surface area contributed by atoms with Crippen molar-refractivity contribution >= 4 is 22.1 Å². The molecule has 0 aliphatic heterocycles. The molecule has 0 aromatic heterocycles. The van der Waals surface area contributed by atoms with E-state index in [1.165, 1.54) is 25.3 Å². The van der Waals surface area contributed by atoms with Gasteiger partial charge >= 0.3 is 5.97 Å². The Balaban J connectivity index is 3.15. The van der Waals surface area contributed by atoms with Crippen molar-refractivity contribution in [3.05, 3.63) is 35.4 Å². The summed E-state index contributed by atoms with van der Waals surface area (Å²) < 4.78 is 25.2. The smallest absolute Gasteiger partial charge is 0.328 e. The first-order valence-corrected chi connectivity index (χ1v) is 6.30. The highest BCUT2D eigenvalue weighted by Crippen LogP contribution is 2.16. The van der Waals surface area contributed by atoms with Crippen LogP contribution >= 0.6 is 0 Å². The lowest BCUT2D eigenvalue weighted by Crippen LogP contribution is -2.18. The molecule has 0 saturated carbocycles. The zero-order valence-corrected chi connectivity index (χ0v) is 10.3. The van der Waals surface area contributed by atoms with Crippen molar-refractivity contribution in [1.29, 1.82) is 0 Å². The van der Waals surface area contributed by atoms with Crippen LogP contribution in [0, 0.1) is 6.92 Å². The van der Waals surface area contributed by atoms with Crippen LogP contribution in [0.2, 0.25) is 0 Å². The predicted octanol–water partition coefficient (Wildman–Crippen LogP) is 1.00. The van der Waals surface area contributed by atoms with Crippen molar-refractivity contribution in [3.63, 3.8) is 0 Å². The van der Waals surface area contributed by atoms with Gasteiger partial charge in [-0.2, -0.15) is 0 Å².